The number of aryl methyl sites for hydroxylation is 4. The van der Waals surface area contributed by atoms with Crippen LogP contribution in [0.5, 0.6) is 11.5 Å². The molecule has 1 saturated heterocycles. The quantitative estimate of drug-likeness (QED) is 0.461. The summed E-state index contributed by atoms with van der Waals surface area (Å²) in [6, 6.07) is 18.8. The molecule has 0 unspecified atom stereocenters. The number of carbonyl (C=O) groups is 3. The summed E-state index contributed by atoms with van der Waals surface area (Å²) >= 11 is 0. The van der Waals surface area contributed by atoms with Crippen LogP contribution in [0.2, 0.25) is 0 Å². The Labute approximate surface area is 211 Å². The van der Waals surface area contributed by atoms with Crippen LogP contribution in [0.4, 0.5) is 11.4 Å². The maximum absolute atomic E-state index is 12.6. The SMILES string of the molecule is Cc1cc(C)cc(NC(=O)COC(=O)[C@H]2CC(=O)N(c3ccc(Oc4ccc(C)c(C)c4)cc3)C2)c1. The van der Waals surface area contributed by atoms with Gasteiger partial charge < -0.3 is 19.7 Å². The van der Waals surface area contributed by atoms with E-state index in [-0.39, 0.29) is 18.9 Å². The Bertz CT molecular complexity index is 1280. The fourth-order valence-electron chi connectivity index (χ4n) is 4.22. The molecule has 0 spiro atoms. The lowest BCUT2D eigenvalue weighted by Gasteiger charge is -2.17. The van der Waals surface area contributed by atoms with Crippen molar-refractivity contribution in [2.75, 3.05) is 23.4 Å². The first-order valence-corrected chi connectivity index (χ1v) is 11.9. The first-order valence-electron chi connectivity index (χ1n) is 11.9. The van der Waals surface area contributed by atoms with Crippen molar-refractivity contribution in [3.63, 3.8) is 0 Å². The van der Waals surface area contributed by atoms with Crippen molar-refractivity contribution < 1.29 is 23.9 Å². The van der Waals surface area contributed by atoms with Gasteiger partial charge in [-0.3, -0.25) is 14.4 Å². The summed E-state index contributed by atoms with van der Waals surface area (Å²) in [4.78, 5) is 38.9. The van der Waals surface area contributed by atoms with E-state index in [9.17, 15) is 14.4 Å². The summed E-state index contributed by atoms with van der Waals surface area (Å²) < 4.78 is 11.1. The van der Waals surface area contributed by atoms with Crippen LogP contribution in [0.3, 0.4) is 0 Å². The van der Waals surface area contributed by atoms with Gasteiger partial charge in [-0.25, -0.2) is 0 Å². The fraction of sp³-hybridized carbons (Fsp3) is 0.276. The van der Waals surface area contributed by atoms with Gasteiger partial charge in [0.05, 0.1) is 5.92 Å². The summed E-state index contributed by atoms with van der Waals surface area (Å²) in [5.74, 6) is -0.380. The van der Waals surface area contributed by atoms with Crippen LogP contribution in [0.1, 0.15) is 28.7 Å². The van der Waals surface area contributed by atoms with E-state index < -0.39 is 24.4 Å². The standard InChI is InChI=1S/C29H30N2O5/c1-18-11-19(2)13-23(12-18)30-27(32)17-35-29(34)22-15-28(33)31(16-22)24-6-9-25(10-7-24)36-26-8-5-20(3)21(4)14-26/h5-14,22H,15-17H2,1-4H3,(H,30,32)/t22-/m0/s1. The number of anilines is 2. The molecule has 1 aliphatic heterocycles. The number of ether oxygens (including phenoxy) is 2. The molecular weight excluding hydrogens is 456 g/mol. The van der Waals surface area contributed by atoms with E-state index in [0.717, 1.165) is 22.4 Å². The van der Waals surface area contributed by atoms with E-state index in [0.29, 0.717) is 17.1 Å². The van der Waals surface area contributed by atoms with Crippen LogP contribution in [-0.2, 0) is 19.1 Å². The van der Waals surface area contributed by atoms with Gasteiger partial charge in [-0.2, -0.15) is 0 Å². The average Bonchev–Trinajstić information content (AvgIpc) is 3.21. The number of nitrogens with one attached hydrogen (secondary N) is 1. The van der Waals surface area contributed by atoms with Gasteiger partial charge in [0.1, 0.15) is 11.5 Å². The molecule has 1 atom stereocenters. The first kappa shape index (κ1) is 25.0. The van der Waals surface area contributed by atoms with E-state index in [4.69, 9.17) is 9.47 Å². The topological polar surface area (TPSA) is 84.9 Å². The highest BCUT2D eigenvalue weighted by Crippen LogP contribution is 2.29. The molecule has 3 aromatic rings. The van der Waals surface area contributed by atoms with Gasteiger partial charge in [0, 0.05) is 24.3 Å². The van der Waals surface area contributed by atoms with Gasteiger partial charge >= 0.3 is 5.97 Å². The van der Waals surface area contributed by atoms with Crippen LogP contribution in [0, 0.1) is 33.6 Å². The van der Waals surface area contributed by atoms with Gasteiger partial charge in [-0.1, -0.05) is 12.1 Å². The molecule has 0 aromatic heterocycles. The third kappa shape index (κ3) is 6.10. The lowest BCUT2D eigenvalue weighted by atomic mass is 10.1. The molecule has 1 heterocycles. The van der Waals surface area contributed by atoms with Crippen LogP contribution >= 0.6 is 0 Å². The number of hydrogen-bond acceptors (Lipinski definition) is 5. The summed E-state index contributed by atoms with van der Waals surface area (Å²) in [6.45, 7) is 7.76. The average molecular weight is 487 g/mol. The van der Waals surface area contributed by atoms with E-state index in [1.165, 1.54) is 5.56 Å². The molecule has 1 fully saturated rings. The van der Waals surface area contributed by atoms with Crippen LogP contribution < -0.4 is 15.0 Å². The molecule has 36 heavy (non-hydrogen) atoms. The van der Waals surface area contributed by atoms with Crippen molar-refractivity contribution in [1.82, 2.24) is 0 Å². The molecule has 2 amide bonds. The number of amides is 2. The molecule has 0 radical (unpaired) electrons. The summed E-state index contributed by atoms with van der Waals surface area (Å²) in [5.41, 5.74) is 5.72. The normalized spacial score (nSPS) is 15.1. The Morgan fingerprint density at radius 3 is 2.22 bits per heavy atom. The second kappa shape index (κ2) is 10.6. The van der Waals surface area contributed by atoms with Gasteiger partial charge in [0.25, 0.3) is 5.91 Å². The molecule has 7 heteroatoms. The number of hydrogen-bond donors (Lipinski definition) is 1. The molecule has 186 valence electrons. The molecule has 7 nitrogen and oxygen atoms in total. The summed E-state index contributed by atoms with van der Waals surface area (Å²) in [5, 5.41) is 2.74. The van der Waals surface area contributed by atoms with Gasteiger partial charge in [0.2, 0.25) is 5.91 Å². The van der Waals surface area contributed by atoms with Gasteiger partial charge in [-0.15, -0.1) is 0 Å². The maximum atomic E-state index is 12.6. The van der Waals surface area contributed by atoms with Crippen molar-refractivity contribution in [3.05, 3.63) is 82.9 Å². The smallest absolute Gasteiger partial charge is 0.311 e. The van der Waals surface area contributed by atoms with Crippen LogP contribution in [0.15, 0.2) is 60.7 Å². The molecule has 0 saturated carbocycles. The summed E-state index contributed by atoms with van der Waals surface area (Å²) in [6.07, 6.45) is 0.0401. The van der Waals surface area contributed by atoms with E-state index in [1.807, 2.05) is 64.1 Å². The molecule has 4 rings (SSSR count). The highest BCUT2D eigenvalue weighted by Gasteiger charge is 2.36. The van der Waals surface area contributed by atoms with Crippen LogP contribution in [0.25, 0.3) is 0 Å². The largest absolute Gasteiger partial charge is 0.457 e. The number of nitrogens with zero attached hydrogens (tertiary/aromatic N) is 1. The van der Waals surface area contributed by atoms with Crippen molar-refractivity contribution in [2.45, 2.75) is 34.1 Å². The van der Waals surface area contributed by atoms with Crippen molar-refractivity contribution in [1.29, 1.82) is 0 Å². The zero-order chi connectivity index (χ0) is 25.8. The Morgan fingerprint density at radius 1 is 0.889 bits per heavy atom. The molecule has 1 N–H and O–H groups in total. The maximum Gasteiger partial charge on any atom is 0.311 e. The zero-order valence-corrected chi connectivity index (χ0v) is 21.0. The number of esters is 1. The Morgan fingerprint density at radius 2 is 1.56 bits per heavy atom. The number of rotatable bonds is 7. The zero-order valence-electron chi connectivity index (χ0n) is 21.0. The van der Waals surface area contributed by atoms with Gasteiger partial charge in [-0.05, 0) is 98.5 Å². The highest BCUT2D eigenvalue weighted by atomic mass is 16.5. The van der Waals surface area contributed by atoms with Gasteiger partial charge in [0.15, 0.2) is 6.61 Å². The second-order valence-electron chi connectivity index (χ2n) is 9.28. The predicted molar refractivity (Wildman–Crippen MR) is 138 cm³/mol. The van der Waals surface area contributed by atoms with Crippen molar-refractivity contribution in [3.8, 4) is 11.5 Å². The lowest BCUT2D eigenvalue weighted by Crippen LogP contribution is -2.28. The Kier molecular flexibility index (Phi) is 7.38. The van der Waals surface area contributed by atoms with E-state index in [2.05, 4.69) is 5.32 Å². The van der Waals surface area contributed by atoms with Crippen molar-refractivity contribution in [2.24, 2.45) is 5.92 Å². The molecule has 1 aliphatic rings. The third-order valence-electron chi connectivity index (χ3n) is 6.17. The minimum absolute atomic E-state index is 0.0401. The monoisotopic (exact) mass is 486 g/mol. The minimum atomic E-state index is -0.627. The predicted octanol–water partition coefficient (Wildman–Crippen LogP) is 5.25. The fourth-order valence-corrected chi connectivity index (χ4v) is 4.22. The van der Waals surface area contributed by atoms with Crippen molar-refractivity contribution >= 4 is 29.2 Å². The van der Waals surface area contributed by atoms with E-state index in [1.54, 1.807) is 29.2 Å². The highest BCUT2D eigenvalue weighted by molar-refractivity contribution is 6.00. The molecule has 3 aromatic carbocycles. The molecular formula is C29H30N2O5. The number of benzene rings is 3. The molecule has 0 aliphatic carbocycles. The first-order chi connectivity index (χ1) is 17.2. The Balaban J connectivity index is 1.30. The summed E-state index contributed by atoms with van der Waals surface area (Å²) in [7, 11) is 0. The van der Waals surface area contributed by atoms with Crippen LogP contribution in [-0.4, -0.2) is 30.9 Å². The lowest BCUT2D eigenvalue weighted by molar-refractivity contribution is -0.151. The molecule has 0 bridgehead atoms. The third-order valence-corrected chi connectivity index (χ3v) is 6.17. The second-order valence-corrected chi connectivity index (χ2v) is 9.28. The minimum Gasteiger partial charge on any atom is -0.457 e. The van der Waals surface area contributed by atoms with E-state index >= 15 is 0 Å². The Hall–Kier alpha value is -4.13. The number of carbonyl (C=O) groups excluding carboxylic acids is 3.